The third-order valence-electron chi connectivity index (χ3n) is 2.81. The fourth-order valence-electron chi connectivity index (χ4n) is 1.60. The molecule has 0 aromatic heterocycles. The molecule has 2 atom stereocenters. The van der Waals surface area contributed by atoms with E-state index in [1.54, 1.807) is 0 Å². The summed E-state index contributed by atoms with van der Waals surface area (Å²) < 4.78 is 0. The van der Waals surface area contributed by atoms with Crippen molar-refractivity contribution in [2.24, 2.45) is 10.9 Å². The second-order valence-corrected chi connectivity index (χ2v) is 4.88. The van der Waals surface area contributed by atoms with E-state index in [1.807, 2.05) is 0 Å². The maximum atomic E-state index is 4.57. The van der Waals surface area contributed by atoms with Crippen LogP contribution in [0.3, 0.4) is 0 Å². The summed E-state index contributed by atoms with van der Waals surface area (Å²) in [5.74, 6) is 1.79. The maximum Gasteiger partial charge on any atom is 0.191 e. The average Bonchev–Trinajstić information content (AvgIpc) is 2.89. The monoisotopic (exact) mass is 226 g/mol. The van der Waals surface area contributed by atoms with Gasteiger partial charge < -0.3 is 15.5 Å². The molecule has 1 aliphatic carbocycles. The van der Waals surface area contributed by atoms with Crippen LogP contribution in [0, 0.1) is 5.92 Å². The van der Waals surface area contributed by atoms with Crippen LogP contribution in [0.5, 0.6) is 0 Å². The zero-order valence-electron chi connectivity index (χ0n) is 11.1. The molecule has 0 radical (unpaired) electrons. The van der Waals surface area contributed by atoms with Gasteiger partial charge in [-0.3, -0.25) is 4.99 Å². The second-order valence-electron chi connectivity index (χ2n) is 4.88. The first-order chi connectivity index (χ1) is 7.63. The third-order valence-corrected chi connectivity index (χ3v) is 2.81. The number of nitrogens with zero attached hydrogens (tertiary/aromatic N) is 2. The van der Waals surface area contributed by atoms with E-state index in [4.69, 9.17) is 0 Å². The zero-order valence-corrected chi connectivity index (χ0v) is 11.1. The van der Waals surface area contributed by atoms with Crippen LogP contribution < -0.4 is 10.6 Å². The zero-order chi connectivity index (χ0) is 12.0. The highest BCUT2D eigenvalue weighted by atomic mass is 15.2. The van der Waals surface area contributed by atoms with Gasteiger partial charge in [0.1, 0.15) is 0 Å². The SMILES string of the molecule is CCNC(=NCCCN(C)C)NC1CC1C. The van der Waals surface area contributed by atoms with Crippen LogP contribution >= 0.6 is 0 Å². The molecule has 94 valence electrons. The van der Waals surface area contributed by atoms with E-state index < -0.39 is 0 Å². The van der Waals surface area contributed by atoms with Crippen LogP contribution in [0.25, 0.3) is 0 Å². The molecule has 0 aromatic rings. The molecule has 0 amide bonds. The highest BCUT2D eigenvalue weighted by Gasteiger charge is 2.33. The summed E-state index contributed by atoms with van der Waals surface area (Å²) in [5.41, 5.74) is 0. The van der Waals surface area contributed by atoms with E-state index in [-0.39, 0.29) is 0 Å². The number of nitrogens with one attached hydrogen (secondary N) is 2. The summed E-state index contributed by atoms with van der Waals surface area (Å²) in [7, 11) is 4.19. The van der Waals surface area contributed by atoms with E-state index in [2.05, 4.69) is 48.5 Å². The highest BCUT2D eigenvalue weighted by Crippen LogP contribution is 2.28. The fourth-order valence-corrected chi connectivity index (χ4v) is 1.60. The standard InChI is InChI=1S/C12H26N4/c1-5-13-12(15-11-9-10(11)2)14-7-6-8-16(3)4/h10-11H,5-9H2,1-4H3,(H2,13,14,15). The predicted octanol–water partition coefficient (Wildman–Crippen LogP) is 0.902. The van der Waals surface area contributed by atoms with Gasteiger partial charge in [-0.25, -0.2) is 0 Å². The van der Waals surface area contributed by atoms with Crippen molar-refractivity contribution in [1.29, 1.82) is 0 Å². The molecule has 0 aromatic carbocycles. The minimum atomic E-state index is 0.645. The van der Waals surface area contributed by atoms with Crippen LogP contribution in [0.1, 0.15) is 26.7 Å². The molecule has 4 heteroatoms. The van der Waals surface area contributed by atoms with Crippen molar-refractivity contribution in [3.8, 4) is 0 Å². The molecule has 0 heterocycles. The molecule has 2 unspecified atom stereocenters. The fraction of sp³-hybridized carbons (Fsp3) is 0.917. The van der Waals surface area contributed by atoms with E-state index in [0.717, 1.165) is 37.9 Å². The van der Waals surface area contributed by atoms with E-state index >= 15 is 0 Å². The first kappa shape index (κ1) is 13.3. The van der Waals surface area contributed by atoms with Gasteiger partial charge in [0.25, 0.3) is 0 Å². The Morgan fingerprint density at radius 1 is 1.44 bits per heavy atom. The van der Waals surface area contributed by atoms with Crippen LogP contribution in [0.2, 0.25) is 0 Å². The van der Waals surface area contributed by atoms with Gasteiger partial charge in [-0.05, 0) is 46.3 Å². The summed E-state index contributed by atoms with van der Waals surface area (Å²) in [6.07, 6.45) is 2.39. The number of hydrogen-bond donors (Lipinski definition) is 2. The van der Waals surface area contributed by atoms with Crippen molar-refractivity contribution in [2.45, 2.75) is 32.7 Å². The summed E-state index contributed by atoms with van der Waals surface area (Å²) >= 11 is 0. The van der Waals surface area contributed by atoms with Crippen LogP contribution in [-0.4, -0.2) is 50.6 Å². The summed E-state index contributed by atoms with van der Waals surface area (Å²) in [4.78, 5) is 6.76. The lowest BCUT2D eigenvalue weighted by Gasteiger charge is -2.11. The molecule has 0 saturated heterocycles. The Hall–Kier alpha value is -0.770. The topological polar surface area (TPSA) is 39.7 Å². The van der Waals surface area contributed by atoms with Crippen LogP contribution in [-0.2, 0) is 0 Å². The van der Waals surface area contributed by atoms with Gasteiger partial charge in [-0.2, -0.15) is 0 Å². The van der Waals surface area contributed by atoms with Crippen molar-refractivity contribution >= 4 is 5.96 Å². The molecule has 1 fully saturated rings. The Labute approximate surface area is 99.5 Å². The Kier molecular flexibility index (Phi) is 5.60. The van der Waals surface area contributed by atoms with Crippen molar-refractivity contribution in [3.05, 3.63) is 0 Å². The lowest BCUT2D eigenvalue weighted by Crippen LogP contribution is -2.39. The normalized spacial score (nSPS) is 24.7. The Bertz CT molecular complexity index is 225. The number of rotatable bonds is 6. The van der Waals surface area contributed by atoms with Gasteiger partial charge in [-0.15, -0.1) is 0 Å². The molecule has 4 nitrogen and oxygen atoms in total. The van der Waals surface area contributed by atoms with E-state index in [9.17, 15) is 0 Å². The molecule has 0 spiro atoms. The second kappa shape index (κ2) is 6.74. The molecule has 16 heavy (non-hydrogen) atoms. The lowest BCUT2D eigenvalue weighted by molar-refractivity contribution is 0.403. The van der Waals surface area contributed by atoms with Gasteiger partial charge in [0.05, 0.1) is 0 Å². The minimum absolute atomic E-state index is 0.645. The molecule has 0 bridgehead atoms. The highest BCUT2D eigenvalue weighted by molar-refractivity contribution is 5.80. The first-order valence-electron chi connectivity index (χ1n) is 6.33. The van der Waals surface area contributed by atoms with E-state index in [1.165, 1.54) is 6.42 Å². The van der Waals surface area contributed by atoms with Crippen molar-refractivity contribution in [2.75, 3.05) is 33.7 Å². The molecule has 2 N–H and O–H groups in total. The third kappa shape index (κ3) is 5.35. The Balaban J connectivity index is 2.22. The lowest BCUT2D eigenvalue weighted by atomic mass is 10.4. The molecule has 0 aliphatic heterocycles. The van der Waals surface area contributed by atoms with Crippen molar-refractivity contribution < 1.29 is 0 Å². The summed E-state index contributed by atoms with van der Waals surface area (Å²) in [5, 5.41) is 6.74. The summed E-state index contributed by atoms with van der Waals surface area (Å²) in [6, 6.07) is 0.645. The summed E-state index contributed by atoms with van der Waals surface area (Å²) in [6.45, 7) is 7.30. The molecule has 1 aliphatic rings. The molecule has 1 rings (SSSR count). The van der Waals surface area contributed by atoms with Crippen molar-refractivity contribution in [3.63, 3.8) is 0 Å². The Morgan fingerprint density at radius 2 is 2.12 bits per heavy atom. The Morgan fingerprint density at radius 3 is 2.62 bits per heavy atom. The van der Waals surface area contributed by atoms with E-state index in [0.29, 0.717) is 6.04 Å². The minimum Gasteiger partial charge on any atom is -0.357 e. The van der Waals surface area contributed by atoms with Crippen molar-refractivity contribution in [1.82, 2.24) is 15.5 Å². The van der Waals surface area contributed by atoms with Gasteiger partial charge in [-0.1, -0.05) is 6.92 Å². The largest absolute Gasteiger partial charge is 0.357 e. The number of guanidine groups is 1. The van der Waals surface area contributed by atoms with Gasteiger partial charge in [0, 0.05) is 19.1 Å². The first-order valence-corrected chi connectivity index (χ1v) is 6.33. The molecular formula is C12H26N4. The number of aliphatic imine (C=N–C) groups is 1. The molecular weight excluding hydrogens is 200 g/mol. The molecule has 1 saturated carbocycles. The quantitative estimate of drug-likeness (QED) is 0.402. The smallest absolute Gasteiger partial charge is 0.191 e. The van der Waals surface area contributed by atoms with Crippen LogP contribution in [0.4, 0.5) is 0 Å². The van der Waals surface area contributed by atoms with Crippen LogP contribution in [0.15, 0.2) is 4.99 Å². The predicted molar refractivity (Wildman–Crippen MR) is 69.9 cm³/mol. The average molecular weight is 226 g/mol. The number of hydrogen-bond acceptors (Lipinski definition) is 2. The van der Waals surface area contributed by atoms with Gasteiger partial charge in [0.15, 0.2) is 5.96 Å². The maximum absolute atomic E-state index is 4.57. The van der Waals surface area contributed by atoms with Gasteiger partial charge >= 0.3 is 0 Å². The van der Waals surface area contributed by atoms with Gasteiger partial charge in [0.2, 0.25) is 0 Å².